The third-order valence-corrected chi connectivity index (χ3v) is 7.14. The molecule has 0 aromatic rings. The zero-order chi connectivity index (χ0) is 13.0. The van der Waals surface area contributed by atoms with Crippen LogP contribution in [0.5, 0.6) is 0 Å². The molecule has 0 aromatic heterocycles. The summed E-state index contributed by atoms with van der Waals surface area (Å²) in [6, 6.07) is 0. The third kappa shape index (κ3) is 4.76. The quantitative estimate of drug-likeness (QED) is 0.712. The highest BCUT2D eigenvalue weighted by Crippen LogP contribution is 2.36. The second kappa shape index (κ2) is 5.45. The summed E-state index contributed by atoms with van der Waals surface area (Å²) in [6.07, 6.45) is 0. The predicted octanol–water partition coefficient (Wildman–Crippen LogP) is 0.610. The lowest BCUT2D eigenvalue weighted by molar-refractivity contribution is -0.136. The van der Waals surface area contributed by atoms with Crippen molar-refractivity contribution >= 4 is 20.2 Å². The molecule has 0 atom stereocenters. The van der Waals surface area contributed by atoms with Crippen LogP contribution in [0.2, 0.25) is 18.1 Å². The number of nitrogens with two attached hydrogens (primary N) is 1. The van der Waals surface area contributed by atoms with Gasteiger partial charge in [-0.3, -0.25) is 9.59 Å². The van der Waals surface area contributed by atoms with E-state index in [-0.39, 0.29) is 24.0 Å². The van der Waals surface area contributed by atoms with Crippen LogP contribution in [0.4, 0.5) is 0 Å². The van der Waals surface area contributed by atoms with E-state index in [1.807, 2.05) is 33.9 Å². The minimum Gasteiger partial charge on any atom is -0.518 e. The van der Waals surface area contributed by atoms with Crippen LogP contribution in [-0.4, -0.2) is 33.3 Å². The van der Waals surface area contributed by atoms with Crippen molar-refractivity contribution in [3.05, 3.63) is 0 Å². The van der Waals surface area contributed by atoms with Crippen LogP contribution < -0.4 is 11.1 Å². The standard InChI is InChI=1S/C10H22N2O3Si/c1-10(2,3)16(4,5)15-9(14)7-12-8(13)6-11/h6-7,11H2,1-5H3,(H,12,13). The average molecular weight is 246 g/mol. The molecule has 0 rings (SSSR count). The summed E-state index contributed by atoms with van der Waals surface area (Å²) in [5.41, 5.74) is 5.10. The van der Waals surface area contributed by atoms with E-state index >= 15 is 0 Å². The van der Waals surface area contributed by atoms with Crippen LogP contribution in [0.15, 0.2) is 0 Å². The van der Waals surface area contributed by atoms with Gasteiger partial charge in [-0.05, 0) is 18.1 Å². The van der Waals surface area contributed by atoms with Gasteiger partial charge in [-0.15, -0.1) is 0 Å². The van der Waals surface area contributed by atoms with E-state index in [4.69, 9.17) is 10.2 Å². The molecule has 0 aliphatic heterocycles. The summed E-state index contributed by atoms with van der Waals surface area (Å²) in [4.78, 5) is 22.3. The summed E-state index contributed by atoms with van der Waals surface area (Å²) < 4.78 is 5.44. The second-order valence-electron chi connectivity index (χ2n) is 5.22. The fourth-order valence-electron chi connectivity index (χ4n) is 0.717. The van der Waals surface area contributed by atoms with Crippen molar-refractivity contribution in [2.45, 2.75) is 38.9 Å². The SMILES string of the molecule is CC(C)(C)[Si](C)(C)OC(=O)CNC(=O)CN. The average Bonchev–Trinajstić information content (AvgIpc) is 2.11. The Balaban J connectivity index is 4.20. The zero-order valence-corrected chi connectivity index (χ0v) is 11.7. The number of hydrogen-bond acceptors (Lipinski definition) is 4. The number of rotatable bonds is 4. The molecule has 0 saturated carbocycles. The Hall–Kier alpha value is -0.883. The number of hydrogen-bond donors (Lipinski definition) is 2. The summed E-state index contributed by atoms with van der Waals surface area (Å²) in [5.74, 6) is -0.749. The maximum absolute atomic E-state index is 11.5. The van der Waals surface area contributed by atoms with Crippen molar-refractivity contribution in [1.29, 1.82) is 0 Å². The first-order valence-corrected chi connectivity index (χ1v) is 8.19. The Morgan fingerprint density at radius 1 is 1.31 bits per heavy atom. The number of amides is 1. The molecular formula is C10H22N2O3Si. The first-order chi connectivity index (χ1) is 7.10. The molecule has 16 heavy (non-hydrogen) atoms. The van der Waals surface area contributed by atoms with Gasteiger partial charge in [-0.25, -0.2) is 0 Å². The van der Waals surface area contributed by atoms with E-state index in [2.05, 4.69) is 5.32 Å². The van der Waals surface area contributed by atoms with Gasteiger partial charge in [0, 0.05) is 0 Å². The van der Waals surface area contributed by atoms with E-state index in [9.17, 15) is 9.59 Å². The number of carbonyl (C=O) groups is 2. The van der Waals surface area contributed by atoms with Crippen LogP contribution in [0.3, 0.4) is 0 Å². The molecule has 5 nitrogen and oxygen atoms in total. The Morgan fingerprint density at radius 2 is 1.81 bits per heavy atom. The maximum Gasteiger partial charge on any atom is 0.312 e. The van der Waals surface area contributed by atoms with Crippen LogP contribution >= 0.6 is 0 Å². The minimum atomic E-state index is -2.08. The Morgan fingerprint density at radius 3 is 2.19 bits per heavy atom. The van der Waals surface area contributed by atoms with Gasteiger partial charge in [-0.1, -0.05) is 20.8 Å². The first kappa shape index (κ1) is 15.1. The Bertz CT molecular complexity index is 272. The zero-order valence-electron chi connectivity index (χ0n) is 10.7. The van der Waals surface area contributed by atoms with Crippen molar-refractivity contribution in [2.75, 3.05) is 13.1 Å². The second-order valence-corrected chi connectivity index (χ2v) is 9.94. The van der Waals surface area contributed by atoms with Gasteiger partial charge in [0.25, 0.3) is 8.32 Å². The van der Waals surface area contributed by atoms with Gasteiger partial charge in [-0.2, -0.15) is 0 Å². The van der Waals surface area contributed by atoms with Crippen molar-refractivity contribution in [3.63, 3.8) is 0 Å². The van der Waals surface area contributed by atoms with Gasteiger partial charge in [0.2, 0.25) is 5.91 Å². The van der Waals surface area contributed by atoms with Gasteiger partial charge in [0.1, 0.15) is 6.54 Å². The number of nitrogens with one attached hydrogen (secondary N) is 1. The molecule has 3 N–H and O–H groups in total. The smallest absolute Gasteiger partial charge is 0.312 e. The largest absolute Gasteiger partial charge is 0.518 e. The summed E-state index contributed by atoms with van der Waals surface area (Å²) in [7, 11) is -2.08. The van der Waals surface area contributed by atoms with Crippen molar-refractivity contribution in [3.8, 4) is 0 Å². The summed E-state index contributed by atoms with van der Waals surface area (Å²) >= 11 is 0. The van der Waals surface area contributed by atoms with E-state index in [0.717, 1.165) is 0 Å². The molecule has 0 aromatic carbocycles. The van der Waals surface area contributed by atoms with Gasteiger partial charge >= 0.3 is 5.97 Å². The van der Waals surface area contributed by atoms with Crippen LogP contribution in [0.25, 0.3) is 0 Å². The topological polar surface area (TPSA) is 81.4 Å². The predicted molar refractivity (Wildman–Crippen MR) is 65.4 cm³/mol. The third-order valence-electron chi connectivity index (χ3n) is 2.79. The molecule has 0 aliphatic carbocycles. The summed E-state index contributed by atoms with van der Waals surface area (Å²) in [5, 5.41) is 2.36. The number of carbonyl (C=O) groups excluding carboxylic acids is 2. The van der Waals surface area contributed by atoms with Crippen molar-refractivity contribution in [1.82, 2.24) is 5.32 Å². The van der Waals surface area contributed by atoms with E-state index in [1.165, 1.54) is 0 Å². The lowest BCUT2D eigenvalue weighted by atomic mass is 10.2. The first-order valence-electron chi connectivity index (χ1n) is 5.29. The fourth-order valence-corrected chi connectivity index (χ4v) is 1.66. The highest BCUT2D eigenvalue weighted by molar-refractivity contribution is 6.75. The molecule has 1 amide bonds. The lowest BCUT2D eigenvalue weighted by Crippen LogP contribution is -2.45. The monoisotopic (exact) mass is 246 g/mol. The molecule has 94 valence electrons. The Kier molecular flexibility index (Phi) is 5.15. The van der Waals surface area contributed by atoms with Gasteiger partial charge in [0.15, 0.2) is 0 Å². The Labute approximate surface area is 97.9 Å². The van der Waals surface area contributed by atoms with Crippen LogP contribution in [0, 0.1) is 0 Å². The van der Waals surface area contributed by atoms with Crippen LogP contribution in [0.1, 0.15) is 20.8 Å². The van der Waals surface area contributed by atoms with Gasteiger partial charge in [0.05, 0.1) is 6.54 Å². The normalized spacial score (nSPS) is 12.1. The molecule has 0 spiro atoms. The molecule has 0 radical (unpaired) electrons. The van der Waals surface area contributed by atoms with Gasteiger partial charge < -0.3 is 15.5 Å². The van der Waals surface area contributed by atoms with E-state index in [1.54, 1.807) is 0 Å². The molecule has 0 saturated heterocycles. The molecule has 0 unspecified atom stereocenters. The maximum atomic E-state index is 11.5. The minimum absolute atomic E-state index is 0.0272. The highest BCUT2D eigenvalue weighted by Gasteiger charge is 2.40. The molecule has 0 fully saturated rings. The lowest BCUT2D eigenvalue weighted by Gasteiger charge is -2.35. The van der Waals surface area contributed by atoms with Crippen LogP contribution in [-0.2, 0) is 14.0 Å². The highest BCUT2D eigenvalue weighted by atomic mass is 28.4. The van der Waals surface area contributed by atoms with E-state index in [0.29, 0.717) is 0 Å². The summed E-state index contributed by atoms with van der Waals surface area (Å²) in [6.45, 7) is 9.88. The molecular weight excluding hydrogens is 224 g/mol. The fraction of sp³-hybridized carbons (Fsp3) is 0.800. The molecule has 0 heterocycles. The van der Waals surface area contributed by atoms with Crippen molar-refractivity contribution in [2.24, 2.45) is 5.73 Å². The molecule has 0 aliphatic rings. The molecule has 0 bridgehead atoms. The van der Waals surface area contributed by atoms with Crippen molar-refractivity contribution < 1.29 is 14.0 Å². The molecule has 6 heteroatoms. The van der Waals surface area contributed by atoms with E-state index < -0.39 is 14.3 Å².